The summed E-state index contributed by atoms with van der Waals surface area (Å²) in [5, 5.41) is 5.75. The molecule has 1 aliphatic carbocycles. The van der Waals surface area contributed by atoms with Gasteiger partial charge in [0.25, 0.3) is 5.91 Å². The Bertz CT molecular complexity index is 607. The molecule has 2 N–H and O–H groups in total. The maximum Gasteiger partial charge on any atom is 0.252 e. The molecule has 1 atom stereocenters. The van der Waals surface area contributed by atoms with Crippen LogP contribution in [0.25, 0.3) is 0 Å². The number of hydrogen-bond donors (Lipinski definition) is 2. The zero-order valence-electron chi connectivity index (χ0n) is 12.7. The van der Waals surface area contributed by atoms with Crippen LogP contribution in [0.3, 0.4) is 0 Å². The fraction of sp³-hybridized carbons (Fsp3) is 0.444. The number of carbonyl (C=O) groups excluding carboxylic acids is 2. The van der Waals surface area contributed by atoms with Crippen molar-refractivity contribution in [2.24, 2.45) is 0 Å². The second-order valence-corrected chi connectivity index (χ2v) is 6.04. The largest absolute Gasteiger partial charge is 0.354 e. The second kappa shape index (κ2) is 6.77. The highest BCUT2D eigenvalue weighted by Gasteiger charge is 2.28. The minimum absolute atomic E-state index is 0.0840. The third-order valence-electron chi connectivity index (χ3n) is 4.44. The van der Waals surface area contributed by atoms with Gasteiger partial charge in [-0.25, -0.2) is 0 Å². The molecular weight excluding hydrogens is 276 g/mol. The van der Waals surface area contributed by atoms with E-state index >= 15 is 0 Å². The Morgan fingerprint density at radius 2 is 2.14 bits per heavy atom. The lowest BCUT2D eigenvalue weighted by Crippen LogP contribution is -2.51. The predicted molar refractivity (Wildman–Crippen MR) is 85.6 cm³/mol. The molecule has 2 aliphatic rings. The van der Waals surface area contributed by atoms with Crippen LogP contribution in [-0.2, 0) is 11.2 Å². The molecule has 0 bridgehead atoms. The second-order valence-electron chi connectivity index (χ2n) is 6.04. The molecule has 0 spiro atoms. The van der Waals surface area contributed by atoms with E-state index in [1.165, 1.54) is 24.8 Å². The van der Waals surface area contributed by atoms with Crippen molar-refractivity contribution in [2.75, 3.05) is 6.54 Å². The molecule has 1 aromatic rings. The molecule has 1 aromatic carbocycles. The summed E-state index contributed by atoms with van der Waals surface area (Å²) in [7, 11) is 0. The number of allylic oxidation sites excluding steroid dienone is 1. The minimum Gasteiger partial charge on any atom is -0.354 e. The van der Waals surface area contributed by atoms with Crippen molar-refractivity contribution in [3.63, 3.8) is 0 Å². The lowest BCUT2D eigenvalue weighted by atomic mass is 9.94. The SMILES string of the molecule is O=C1NC(C(=O)NCCC2=CCCCC2)Cc2ccccc21. The van der Waals surface area contributed by atoms with Gasteiger partial charge in [0.05, 0.1) is 0 Å². The van der Waals surface area contributed by atoms with E-state index < -0.39 is 6.04 Å². The molecule has 22 heavy (non-hydrogen) atoms. The van der Waals surface area contributed by atoms with E-state index in [1.54, 1.807) is 6.07 Å². The predicted octanol–water partition coefficient (Wildman–Crippen LogP) is 2.35. The normalized spacial score (nSPS) is 20.6. The Labute approximate surface area is 131 Å². The van der Waals surface area contributed by atoms with Gasteiger partial charge >= 0.3 is 0 Å². The van der Waals surface area contributed by atoms with Gasteiger partial charge in [0.15, 0.2) is 0 Å². The average Bonchev–Trinajstić information content (AvgIpc) is 2.56. The van der Waals surface area contributed by atoms with E-state index in [4.69, 9.17) is 0 Å². The molecule has 0 aromatic heterocycles. The number of hydrogen-bond acceptors (Lipinski definition) is 2. The van der Waals surface area contributed by atoms with Crippen LogP contribution in [0.2, 0.25) is 0 Å². The molecule has 0 saturated carbocycles. The van der Waals surface area contributed by atoms with Crippen LogP contribution >= 0.6 is 0 Å². The Balaban J connectivity index is 1.53. The van der Waals surface area contributed by atoms with E-state index in [-0.39, 0.29) is 11.8 Å². The van der Waals surface area contributed by atoms with Crippen LogP contribution < -0.4 is 10.6 Å². The highest BCUT2D eigenvalue weighted by Crippen LogP contribution is 2.19. The van der Waals surface area contributed by atoms with Gasteiger partial charge in [-0.3, -0.25) is 9.59 Å². The van der Waals surface area contributed by atoms with Gasteiger partial charge in [0, 0.05) is 18.5 Å². The van der Waals surface area contributed by atoms with E-state index in [0.717, 1.165) is 18.4 Å². The molecular formula is C18H22N2O2. The smallest absolute Gasteiger partial charge is 0.252 e. The topological polar surface area (TPSA) is 58.2 Å². The van der Waals surface area contributed by atoms with Crippen LogP contribution in [0.5, 0.6) is 0 Å². The highest BCUT2D eigenvalue weighted by molar-refractivity contribution is 6.00. The molecule has 4 heteroatoms. The maximum absolute atomic E-state index is 12.2. The van der Waals surface area contributed by atoms with E-state index in [9.17, 15) is 9.59 Å². The van der Waals surface area contributed by atoms with E-state index in [1.807, 2.05) is 18.2 Å². The maximum atomic E-state index is 12.2. The fourth-order valence-electron chi connectivity index (χ4n) is 3.19. The van der Waals surface area contributed by atoms with Crippen molar-refractivity contribution in [3.05, 3.63) is 47.0 Å². The van der Waals surface area contributed by atoms with Crippen molar-refractivity contribution >= 4 is 11.8 Å². The first-order valence-electron chi connectivity index (χ1n) is 8.08. The molecule has 1 unspecified atom stereocenters. The molecule has 116 valence electrons. The van der Waals surface area contributed by atoms with Crippen molar-refractivity contribution in [2.45, 2.75) is 44.6 Å². The molecule has 4 nitrogen and oxygen atoms in total. The highest BCUT2D eigenvalue weighted by atomic mass is 16.2. The number of rotatable bonds is 4. The zero-order chi connectivity index (χ0) is 15.4. The van der Waals surface area contributed by atoms with Gasteiger partial charge in [-0.15, -0.1) is 0 Å². The Morgan fingerprint density at radius 3 is 2.95 bits per heavy atom. The monoisotopic (exact) mass is 298 g/mol. The van der Waals surface area contributed by atoms with Crippen LogP contribution in [-0.4, -0.2) is 24.4 Å². The van der Waals surface area contributed by atoms with Crippen molar-refractivity contribution in [1.29, 1.82) is 0 Å². The average molecular weight is 298 g/mol. The van der Waals surface area contributed by atoms with Crippen LogP contribution in [0.4, 0.5) is 0 Å². The molecule has 0 saturated heterocycles. The van der Waals surface area contributed by atoms with Gasteiger partial charge in [-0.2, -0.15) is 0 Å². The molecule has 2 amide bonds. The summed E-state index contributed by atoms with van der Waals surface area (Å²) in [4.78, 5) is 24.3. The molecule has 1 aliphatic heterocycles. The first-order valence-corrected chi connectivity index (χ1v) is 8.08. The third-order valence-corrected chi connectivity index (χ3v) is 4.44. The summed E-state index contributed by atoms with van der Waals surface area (Å²) in [6.07, 6.45) is 8.65. The van der Waals surface area contributed by atoms with Crippen molar-refractivity contribution < 1.29 is 9.59 Å². The number of benzene rings is 1. The van der Waals surface area contributed by atoms with E-state index in [2.05, 4.69) is 16.7 Å². The number of nitrogens with one attached hydrogen (secondary N) is 2. The van der Waals surface area contributed by atoms with Gasteiger partial charge in [-0.1, -0.05) is 29.8 Å². The number of amides is 2. The first-order chi connectivity index (χ1) is 10.7. The van der Waals surface area contributed by atoms with Gasteiger partial charge in [0.1, 0.15) is 6.04 Å². The summed E-state index contributed by atoms with van der Waals surface area (Å²) in [5.41, 5.74) is 3.07. The standard InChI is InChI=1S/C18H22N2O2/c21-17-15-9-5-4-8-14(15)12-16(20-17)18(22)19-11-10-13-6-2-1-3-7-13/h4-6,8-9,16H,1-3,7,10-12H2,(H,19,22)(H,20,21). The quantitative estimate of drug-likeness (QED) is 0.838. The molecule has 3 rings (SSSR count). The number of fused-ring (bicyclic) bond motifs is 1. The van der Waals surface area contributed by atoms with Crippen LogP contribution in [0.15, 0.2) is 35.9 Å². The summed E-state index contributed by atoms with van der Waals surface area (Å²) in [6.45, 7) is 0.651. The summed E-state index contributed by atoms with van der Waals surface area (Å²) >= 11 is 0. The fourth-order valence-corrected chi connectivity index (χ4v) is 3.19. The van der Waals surface area contributed by atoms with E-state index in [0.29, 0.717) is 18.5 Å². The van der Waals surface area contributed by atoms with Crippen LogP contribution in [0, 0.1) is 0 Å². The summed E-state index contributed by atoms with van der Waals surface area (Å²) in [6, 6.07) is 7.01. The molecule has 1 heterocycles. The van der Waals surface area contributed by atoms with Crippen molar-refractivity contribution in [1.82, 2.24) is 10.6 Å². The summed E-state index contributed by atoms with van der Waals surface area (Å²) < 4.78 is 0. The Kier molecular flexibility index (Phi) is 4.56. The third kappa shape index (κ3) is 3.38. The number of carbonyl (C=O) groups is 2. The Hall–Kier alpha value is -2.10. The first kappa shape index (κ1) is 14.8. The Morgan fingerprint density at radius 1 is 1.27 bits per heavy atom. The molecule has 0 radical (unpaired) electrons. The van der Waals surface area contributed by atoms with Crippen molar-refractivity contribution in [3.8, 4) is 0 Å². The van der Waals surface area contributed by atoms with Gasteiger partial charge in [0.2, 0.25) is 5.91 Å². The lowest BCUT2D eigenvalue weighted by Gasteiger charge is -2.25. The lowest BCUT2D eigenvalue weighted by molar-refractivity contribution is -0.123. The van der Waals surface area contributed by atoms with Crippen LogP contribution in [0.1, 0.15) is 48.0 Å². The van der Waals surface area contributed by atoms with Gasteiger partial charge in [-0.05, 0) is 43.7 Å². The summed E-state index contributed by atoms with van der Waals surface area (Å²) in [5.74, 6) is -0.240. The van der Waals surface area contributed by atoms with Gasteiger partial charge < -0.3 is 10.6 Å². The molecule has 0 fully saturated rings. The minimum atomic E-state index is -0.456. The zero-order valence-corrected chi connectivity index (χ0v) is 12.7.